The van der Waals surface area contributed by atoms with Crippen LogP contribution in [-0.4, -0.2) is 36.1 Å². The number of piperazine rings is 1. The maximum atomic E-state index is 5.82. The molecule has 0 aliphatic carbocycles. The number of ether oxygens (including phenoxy) is 1. The summed E-state index contributed by atoms with van der Waals surface area (Å²) in [7, 11) is 0. The number of aromatic nitrogens is 2. The van der Waals surface area contributed by atoms with Crippen LogP contribution in [0.5, 0.6) is 5.88 Å². The molecule has 0 spiro atoms. The first-order valence-corrected chi connectivity index (χ1v) is 7.68. The Hall–Kier alpha value is -2.14. The molecule has 5 heteroatoms. The quantitative estimate of drug-likeness (QED) is 0.936. The minimum Gasteiger partial charge on any atom is -0.472 e. The molecule has 0 atom stereocenters. The van der Waals surface area contributed by atoms with Gasteiger partial charge in [-0.15, -0.1) is 0 Å². The molecule has 0 radical (unpaired) electrons. The fraction of sp³-hybridized carbons (Fsp3) is 0.412. The predicted molar refractivity (Wildman–Crippen MR) is 87.4 cm³/mol. The SMILES string of the molecule is Cc1cc(C)cc(COc2cncc(N3CCNCC3)n2)c1. The second-order valence-electron chi connectivity index (χ2n) is 5.74. The Labute approximate surface area is 131 Å². The van der Waals surface area contributed by atoms with E-state index in [2.05, 4.69) is 52.2 Å². The Kier molecular flexibility index (Phi) is 4.53. The standard InChI is InChI=1S/C17H22N4O/c1-13-7-14(2)9-15(8-13)12-22-17-11-19-10-16(20-17)21-5-3-18-4-6-21/h7-11,18H,3-6,12H2,1-2H3. The van der Waals surface area contributed by atoms with Crippen molar-refractivity contribution in [3.05, 3.63) is 47.3 Å². The third-order valence-corrected chi connectivity index (χ3v) is 3.71. The van der Waals surface area contributed by atoms with Crippen LogP contribution in [0.15, 0.2) is 30.6 Å². The van der Waals surface area contributed by atoms with E-state index in [4.69, 9.17) is 4.74 Å². The lowest BCUT2D eigenvalue weighted by Crippen LogP contribution is -2.43. The number of nitrogens with one attached hydrogen (secondary N) is 1. The Bertz CT molecular complexity index is 618. The first-order valence-electron chi connectivity index (χ1n) is 7.68. The highest BCUT2D eigenvalue weighted by molar-refractivity contribution is 5.38. The maximum Gasteiger partial charge on any atom is 0.234 e. The summed E-state index contributed by atoms with van der Waals surface area (Å²) in [6, 6.07) is 6.44. The fourth-order valence-electron chi connectivity index (χ4n) is 2.76. The van der Waals surface area contributed by atoms with Crippen LogP contribution >= 0.6 is 0 Å². The first-order chi connectivity index (χ1) is 10.7. The molecule has 0 bridgehead atoms. The average Bonchev–Trinajstić information content (AvgIpc) is 2.53. The molecule has 1 aromatic heterocycles. The summed E-state index contributed by atoms with van der Waals surface area (Å²) in [5.74, 6) is 1.47. The molecule has 1 aromatic carbocycles. The van der Waals surface area contributed by atoms with Crippen molar-refractivity contribution < 1.29 is 4.74 Å². The molecular weight excluding hydrogens is 276 g/mol. The molecular formula is C17H22N4O. The Morgan fingerprint density at radius 3 is 2.55 bits per heavy atom. The van der Waals surface area contributed by atoms with E-state index in [0.29, 0.717) is 12.5 Å². The molecule has 5 nitrogen and oxygen atoms in total. The van der Waals surface area contributed by atoms with E-state index in [1.807, 2.05) is 0 Å². The van der Waals surface area contributed by atoms with Gasteiger partial charge in [0.15, 0.2) is 5.82 Å². The van der Waals surface area contributed by atoms with Crippen LogP contribution in [0.1, 0.15) is 16.7 Å². The highest BCUT2D eigenvalue weighted by Gasteiger charge is 2.12. The molecule has 2 aromatic rings. The monoisotopic (exact) mass is 298 g/mol. The van der Waals surface area contributed by atoms with Gasteiger partial charge in [-0.3, -0.25) is 4.98 Å². The van der Waals surface area contributed by atoms with Gasteiger partial charge in [0.2, 0.25) is 5.88 Å². The fourth-order valence-corrected chi connectivity index (χ4v) is 2.76. The molecule has 2 heterocycles. The zero-order valence-electron chi connectivity index (χ0n) is 13.2. The van der Waals surface area contributed by atoms with Crippen molar-refractivity contribution in [2.24, 2.45) is 0 Å². The third kappa shape index (κ3) is 3.74. The van der Waals surface area contributed by atoms with Gasteiger partial charge in [-0.25, -0.2) is 0 Å². The molecule has 1 aliphatic heterocycles. The Balaban J connectivity index is 1.67. The molecule has 0 saturated carbocycles. The molecule has 0 unspecified atom stereocenters. The molecule has 1 saturated heterocycles. The minimum atomic E-state index is 0.516. The lowest BCUT2D eigenvalue weighted by molar-refractivity contribution is 0.292. The molecule has 0 amide bonds. The van der Waals surface area contributed by atoms with Crippen LogP contribution < -0.4 is 15.0 Å². The van der Waals surface area contributed by atoms with Gasteiger partial charge < -0.3 is 15.0 Å². The van der Waals surface area contributed by atoms with Crippen LogP contribution in [0.25, 0.3) is 0 Å². The number of rotatable bonds is 4. The van der Waals surface area contributed by atoms with E-state index in [1.165, 1.54) is 11.1 Å². The summed E-state index contributed by atoms with van der Waals surface area (Å²) in [5, 5.41) is 3.34. The van der Waals surface area contributed by atoms with E-state index >= 15 is 0 Å². The molecule has 22 heavy (non-hydrogen) atoms. The highest BCUT2D eigenvalue weighted by atomic mass is 16.5. The van der Waals surface area contributed by atoms with Crippen molar-refractivity contribution in [1.82, 2.24) is 15.3 Å². The van der Waals surface area contributed by atoms with Gasteiger partial charge in [-0.2, -0.15) is 4.98 Å². The van der Waals surface area contributed by atoms with Gasteiger partial charge in [0.1, 0.15) is 6.61 Å². The van der Waals surface area contributed by atoms with Gasteiger partial charge in [-0.1, -0.05) is 29.3 Å². The molecule has 1 N–H and O–H groups in total. The second-order valence-corrected chi connectivity index (χ2v) is 5.74. The van der Waals surface area contributed by atoms with E-state index in [-0.39, 0.29) is 0 Å². The van der Waals surface area contributed by atoms with E-state index < -0.39 is 0 Å². The van der Waals surface area contributed by atoms with Crippen molar-refractivity contribution in [2.45, 2.75) is 20.5 Å². The predicted octanol–water partition coefficient (Wildman–Crippen LogP) is 2.08. The number of benzene rings is 1. The summed E-state index contributed by atoms with van der Waals surface area (Å²) < 4.78 is 5.82. The van der Waals surface area contributed by atoms with Crippen LogP contribution in [0.3, 0.4) is 0 Å². The lowest BCUT2D eigenvalue weighted by Gasteiger charge is -2.28. The van der Waals surface area contributed by atoms with Crippen LogP contribution in [0, 0.1) is 13.8 Å². The third-order valence-electron chi connectivity index (χ3n) is 3.71. The van der Waals surface area contributed by atoms with Crippen LogP contribution in [0.4, 0.5) is 5.82 Å². The van der Waals surface area contributed by atoms with Crippen molar-refractivity contribution in [3.8, 4) is 5.88 Å². The van der Waals surface area contributed by atoms with Gasteiger partial charge in [0, 0.05) is 26.2 Å². The molecule has 1 aliphatic rings. The number of anilines is 1. The highest BCUT2D eigenvalue weighted by Crippen LogP contribution is 2.16. The summed E-state index contributed by atoms with van der Waals surface area (Å²) >= 11 is 0. The number of nitrogens with zero attached hydrogens (tertiary/aromatic N) is 3. The topological polar surface area (TPSA) is 50.3 Å². The van der Waals surface area contributed by atoms with Crippen molar-refractivity contribution >= 4 is 5.82 Å². The maximum absolute atomic E-state index is 5.82. The van der Waals surface area contributed by atoms with Gasteiger partial charge in [0.25, 0.3) is 0 Å². The summed E-state index contributed by atoms with van der Waals surface area (Å²) in [6.07, 6.45) is 3.48. The normalized spacial score (nSPS) is 14.9. The first kappa shape index (κ1) is 14.8. The van der Waals surface area contributed by atoms with Crippen LogP contribution in [0.2, 0.25) is 0 Å². The average molecular weight is 298 g/mol. The smallest absolute Gasteiger partial charge is 0.234 e. The summed E-state index contributed by atoms with van der Waals surface area (Å²) in [5.41, 5.74) is 3.66. The van der Waals surface area contributed by atoms with Gasteiger partial charge >= 0.3 is 0 Å². The number of aryl methyl sites for hydroxylation is 2. The van der Waals surface area contributed by atoms with Crippen molar-refractivity contribution in [2.75, 3.05) is 31.1 Å². The zero-order chi connectivity index (χ0) is 15.4. The Morgan fingerprint density at radius 2 is 1.82 bits per heavy atom. The van der Waals surface area contributed by atoms with E-state index in [9.17, 15) is 0 Å². The summed E-state index contributed by atoms with van der Waals surface area (Å²) in [6.45, 7) is 8.58. The number of hydrogen-bond donors (Lipinski definition) is 1. The minimum absolute atomic E-state index is 0.516. The molecule has 3 rings (SSSR count). The van der Waals surface area contributed by atoms with Crippen molar-refractivity contribution in [3.63, 3.8) is 0 Å². The molecule has 116 valence electrons. The Morgan fingerprint density at radius 1 is 1.09 bits per heavy atom. The van der Waals surface area contributed by atoms with Crippen LogP contribution in [-0.2, 0) is 6.61 Å². The lowest BCUT2D eigenvalue weighted by atomic mass is 10.1. The largest absolute Gasteiger partial charge is 0.472 e. The number of hydrogen-bond acceptors (Lipinski definition) is 5. The van der Waals surface area contributed by atoms with Crippen molar-refractivity contribution in [1.29, 1.82) is 0 Å². The van der Waals surface area contributed by atoms with Gasteiger partial charge in [0.05, 0.1) is 12.4 Å². The van der Waals surface area contributed by atoms with Gasteiger partial charge in [-0.05, 0) is 19.4 Å². The zero-order valence-corrected chi connectivity index (χ0v) is 13.2. The molecule has 1 fully saturated rings. The van der Waals surface area contributed by atoms with E-state index in [1.54, 1.807) is 12.4 Å². The second kappa shape index (κ2) is 6.75. The van der Waals surface area contributed by atoms with E-state index in [0.717, 1.165) is 37.6 Å². The summed E-state index contributed by atoms with van der Waals surface area (Å²) in [4.78, 5) is 11.1.